The van der Waals surface area contributed by atoms with Crippen molar-refractivity contribution >= 4 is 40.8 Å². The maximum absolute atomic E-state index is 12.7. The topological polar surface area (TPSA) is 54.0 Å². The molecular weight excluding hydrogens is 487 g/mol. The molecule has 2 atom stereocenters. The molecule has 0 N–H and O–H groups in total. The predicted octanol–water partition coefficient (Wildman–Crippen LogP) is 6.43. The van der Waals surface area contributed by atoms with E-state index in [0.29, 0.717) is 38.7 Å². The van der Waals surface area contributed by atoms with E-state index < -0.39 is 5.92 Å². The quantitative estimate of drug-likeness (QED) is 0.374. The van der Waals surface area contributed by atoms with Gasteiger partial charge in [0, 0.05) is 32.6 Å². The molecule has 0 amide bonds. The molecule has 0 saturated heterocycles. The minimum Gasteiger partial charge on any atom is -0.489 e. The van der Waals surface area contributed by atoms with Crippen LogP contribution in [0.3, 0.4) is 0 Å². The zero-order chi connectivity index (χ0) is 23.1. The van der Waals surface area contributed by atoms with E-state index in [-0.39, 0.29) is 25.3 Å². The molecule has 3 aromatic rings. The van der Waals surface area contributed by atoms with Gasteiger partial charge in [-0.25, -0.2) is 0 Å². The van der Waals surface area contributed by atoms with Crippen molar-refractivity contribution in [3.63, 3.8) is 0 Å². The molecule has 0 radical (unpaired) electrons. The monoisotopic (exact) mass is 504 g/mol. The molecule has 1 heterocycles. The van der Waals surface area contributed by atoms with Gasteiger partial charge in [-0.2, -0.15) is 0 Å². The molecule has 8 heteroatoms. The summed E-state index contributed by atoms with van der Waals surface area (Å²) in [6, 6.07) is 14.7. The zero-order valence-electron chi connectivity index (χ0n) is 17.6. The molecule has 0 fully saturated rings. The van der Waals surface area contributed by atoms with Gasteiger partial charge in [-0.05, 0) is 53.4 Å². The highest BCUT2D eigenvalue weighted by Gasteiger charge is 2.41. The highest BCUT2D eigenvalue weighted by molar-refractivity contribution is 6.36. The van der Waals surface area contributed by atoms with Crippen LogP contribution in [0.1, 0.15) is 28.2 Å². The van der Waals surface area contributed by atoms with Crippen molar-refractivity contribution < 1.29 is 23.7 Å². The van der Waals surface area contributed by atoms with Gasteiger partial charge in [0.25, 0.3) is 0 Å². The summed E-state index contributed by atoms with van der Waals surface area (Å²) in [6.07, 6.45) is 0.501. The summed E-state index contributed by atoms with van der Waals surface area (Å²) in [5.41, 5.74) is 3.51. The van der Waals surface area contributed by atoms with E-state index in [2.05, 4.69) is 0 Å². The van der Waals surface area contributed by atoms with Crippen LogP contribution in [-0.2, 0) is 22.6 Å². The Bertz CT molecular complexity index is 1220. The van der Waals surface area contributed by atoms with E-state index in [0.717, 1.165) is 22.3 Å². The molecule has 1 aliphatic carbocycles. The predicted molar refractivity (Wildman–Crippen MR) is 126 cm³/mol. The SMILES string of the molecule is COC(=O)C1Cc2cc(OCc3c(Cl)cccc3Cl)ccc2C1c1cc2c(cc1Cl)OCO2. The van der Waals surface area contributed by atoms with Crippen LogP contribution in [-0.4, -0.2) is 19.9 Å². The van der Waals surface area contributed by atoms with Crippen LogP contribution in [0.25, 0.3) is 0 Å². The minimum atomic E-state index is -0.420. The molecule has 0 spiro atoms. The van der Waals surface area contributed by atoms with Gasteiger partial charge in [-0.3, -0.25) is 4.79 Å². The van der Waals surface area contributed by atoms with Crippen molar-refractivity contribution in [2.24, 2.45) is 5.92 Å². The minimum absolute atomic E-state index is 0.146. The third-order valence-corrected chi connectivity index (χ3v) is 7.10. The van der Waals surface area contributed by atoms with E-state index >= 15 is 0 Å². The van der Waals surface area contributed by atoms with Gasteiger partial charge >= 0.3 is 5.97 Å². The smallest absolute Gasteiger partial charge is 0.309 e. The number of rotatable bonds is 5. The first-order chi connectivity index (χ1) is 16.0. The van der Waals surface area contributed by atoms with Crippen LogP contribution in [0.2, 0.25) is 15.1 Å². The van der Waals surface area contributed by atoms with Crippen LogP contribution in [0.5, 0.6) is 17.2 Å². The number of methoxy groups -OCH3 is 1. The first-order valence-corrected chi connectivity index (χ1v) is 11.4. The number of carbonyl (C=O) groups is 1. The van der Waals surface area contributed by atoms with Crippen molar-refractivity contribution in [2.75, 3.05) is 13.9 Å². The highest BCUT2D eigenvalue weighted by Crippen LogP contribution is 2.49. The Labute approximate surface area is 206 Å². The van der Waals surface area contributed by atoms with Gasteiger partial charge in [0.2, 0.25) is 6.79 Å². The lowest BCUT2D eigenvalue weighted by atomic mass is 9.85. The fourth-order valence-electron chi connectivity index (χ4n) is 4.48. The molecule has 2 unspecified atom stereocenters. The standard InChI is InChI=1S/C25H19Cl3O5/c1-30-25(29)17-8-13-7-14(31-11-18-19(26)3-2-4-20(18)27)5-6-15(13)24(17)16-9-22-23(10-21(16)28)33-12-32-22/h2-7,9-10,17,24H,8,11-12H2,1H3. The molecule has 33 heavy (non-hydrogen) atoms. The first-order valence-electron chi connectivity index (χ1n) is 10.3. The Morgan fingerprint density at radius 1 is 0.970 bits per heavy atom. The van der Waals surface area contributed by atoms with Crippen molar-refractivity contribution in [3.8, 4) is 17.2 Å². The van der Waals surface area contributed by atoms with E-state index in [9.17, 15) is 4.79 Å². The van der Waals surface area contributed by atoms with E-state index in [4.69, 9.17) is 53.8 Å². The molecule has 170 valence electrons. The maximum atomic E-state index is 12.7. The third kappa shape index (κ3) is 4.10. The second-order valence-electron chi connectivity index (χ2n) is 7.89. The zero-order valence-corrected chi connectivity index (χ0v) is 19.8. The third-order valence-electron chi connectivity index (χ3n) is 6.07. The second-order valence-corrected chi connectivity index (χ2v) is 9.11. The Morgan fingerprint density at radius 3 is 2.42 bits per heavy atom. The van der Waals surface area contributed by atoms with E-state index in [1.807, 2.05) is 24.3 Å². The molecule has 5 rings (SSSR count). The van der Waals surface area contributed by atoms with Gasteiger partial charge in [-0.1, -0.05) is 46.9 Å². The van der Waals surface area contributed by atoms with Crippen LogP contribution in [0.15, 0.2) is 48.5 Å². The number of carbonyl (C=O) groups excluding carboxylic acids is 1. The molecule has 2 aliphatic rings. The number of halogens is 3. The lowest BCUT2D eigenvalue weighted by molar-refractivity contribution is -0.145. The van der Waals surface area contributed by atoms with Crippen LogP contribution < -0.4 is 14.2 Å². The molecule has 0 aromatic heterocycles. The van der Waals surface area contributed by atoms with Gasteiger partial charge in [-0.15, -0.1) is 0 Å². The van der Waals surface area contributed by atoms with Crippen LogP contribution in [0.4, 0.5) is 0 Å². The fourth-order valence-corrected chi connectivity index (χ4v) is 5.25. The molecule has 0 bridgehead atoms. The van der Waals surface area contributed by atoms with Gasteiger partial charge in [0.15, 0.2) is 11.5 Å². The average molecular weight is 506 g/mol. The summed E-state index contributed by atoms with van der Waals surface area (Å²) < 4.78 is 22.1. The Hall–Kier alpha value is -2.60. The number of benzene rings is 3. The molecule has 3 aromatic carbocycles. The van der Waals surface area contributed by atoms with Crippen LogP contribution in [0, 0.1) is 5.92 Å². The largest absolute Gasteiger partial charge is 0.489 e. The molecular formula is C25H19Cl3O5. The summed E-state index contributed by atoms with van der Waals surface area (Å²) in [6.45, 7) is 0.377. The van der Waals surface area contributed by atoms with Crippen molar-refractivity contribution in [1.29, 1.82) is 0 Å². The maximum Gasteiger partial charge on any atom is 0.309 e. The van der Waals surface area contributed by atoms with Crippen molar-refractivity contribution in [3.05, 3.63) is 85.9 Å². The molecule has 1 aliphatic heterocycles. The summed E-state index contributed by atoms with van der Waals surface area (Å²) in [4.78, 5) is 12.7. The van der Waals surface area contributed by atoms with Gasteiger partial charge in [0.05, 0.1) is 13.0 Å². The Kier molecular flexibility index (Phi) is 6.04. The summed E-state index contributed by atoms with van der Waals surface area (Å²) in [5, 5.41) is 1.61. The lowest BCUT2D eigenvalue weighted by Crippen LogP contribution is -2.21. The van der Waals surface area contributed by atoms with Gasteiger partial charge < -0.3 is 18.9 Å². The van der Waals surface area contributed by atoms with Gasteiger partial charge in [0.1, 0.15) is 12.4 Å². The molecule has 0 saturated carbocycles. The summed E-state index contributed by atoms with van der Waals surface area (Å²) in [7, 11) is 1.39. The second kappa shape index (κ2) is 8.98. The van der Waals surface area contributed by atoms with E-state index in [1.165, 1.54) is 7.11 Å². The highest BCUT2D eigenvalue weighted by atomic mass is 35.5. The molecule has 5 nitrogen and oxygen atoms in total. The summed E-state index contributed by atoms with van der Waals surface area (Å²) >= 11 is 19.1. The number of ether oxygens (including phenoxy) is 4. The lowest BCUT2D eigenvalue weighted by Gasteiger charge is -2.21. The fraction of sp³-hybridized carbons (Fsp3) is 0.240. The average Bonchev–Trinajstić information content (AvgIpc) is 3.41. The number of fused-ring (bicyclic) bond motifs is 2. The van der Waals surface area contributed by atoms with Crippen molar-refractivity contribution in [1.82, 2.24) is 0 Å². The normalized spacial score (nSPS) is 18.2. The van der Waals surface area contributed by atoms with E-state index in [1.54, 1.807) is 24.3 Å². The number of hydrogen-bond donors (Lipinski definition) is 0. The van der Waals surface area contributed by atoms with Crippen molar-refractivity contribution in [2.45, 2.75) is 18.9 Å². The number of hydrogen-bond acceptors (Lipinski definition) is 5. The Morgan fingerprint density at radius 2 is 1.70 bits per heavy atom. The summed E-state index contributed by atoms with van der Waals surface area (Å²) in [5.74, 6) is 0.875. The Balaban J connectivity index is 1.48. The first kappa shape index (κ1) is 22.2. The van der Waals surface area contributed by atoms with Crippen LogP contribution >= 0.6 is 34.8 Å². The number of esters is 1.